The molecule has 2 aromatic rings. The molecular weight excluding hydrogens is 358 g/mol. The van der Waals surface area contributed by atoms with Gasteiger partial charge in [0, 0.05) is 17.7 Å². The van der Waals surface area contributed by atoms with Crippen molar-refractivity contribution < 1.29 is 14.5 Å². The van der Waals surface area contributed by atoms with Gasteiger partial charge in [-0.2, -0.15) is 0 Å². The van der Waals surface area contributed by atoms with Crippen molar-refractivity contribution in [3.05, 3.63) is 75.3 Å². The molecule has 1 aliphatic rings. The predicted molar refractivity (Wildman–Crippen MR) is 105 cm³/mol. The molecule has 0 heterocycles. The first kappa shape index (κ1) is 19.5. The van der Waals surface area contributed by atoms with Gasteiger partial charge in [-0.05, 0) is 35.4 Å². The minimum absolute atomic E-state index is 0.103. The molecule has 2 aromatic carbocycles. The van der Waals surface area contributed by atoms with E-state index in [4.69, 9.17) is 0 Å². The molecule has 7 nitrogen and oxygen atoms in total. The SMILES string of the molecule is CC1(C)CCc2ccccc2[C@@H]1NC(=O)CNC(=O)c1cccc([N+](=O)[O-])c1. The Labute approximate surface area is 163 Å². The summed E-state index contributed by atoms with van der Waals surface area (Å²) in [7, 11) is 0. The Kier molecular flexibility index (Phi) is 5.44. The van der Waals surface area contributed by atoms with Crippen molar-refractivity contribution in [2.45, 2.75) is 32.7 Å². The topological polar surface area (TPSA) is 101 Å². The first-order chi connectivity index (χ1) is 13.3. The van der Waals surface area contributed by atoms with Crippen LogP contribution in [0.2, 0.25) is 0 Å². The summed E-state index contributed by atoms with van der Waals surface area (Å²) in [5.41, 5.74) is 2.21. The van der Waals surface area contributed by atoms with Gasteiger partial charge in [0.25, 0.3) is 11.6 Å². The van der Waals surface area contributed by atoms with E-state index in [2.05, 4.69) is 30.5 Å². The molecule has 1 atom stereocenters. The van der Waals surface area contributed by atoms with Crippen LogP contribution < -0.4 is 10.6 Å². The van der Waals surface area contributed by atoms with Gasteiger partial charge in [-0.25, -0.2) is 0 Å². The number of carbonyl (C=O) groups is 2. The van der Waals surface area contributed by atoms with Gasteiger partial charge in [0.05, 0.1) is 17.5 Å². The maximum Gasteiger partial charge on any atom is 0.270 e. The molecule has 0 saturated carbocycles. The Morgan fingerprint density at radius 2 is 1.93 bits per heavy atom. The van der Waals surface area contributed by atoms with Crippen LogP contribution in [0, 0.1) is 15.5 Å². The number of nitro groups is 1. The highest BCUT2D eigenvalue weighted by atomic mass is 16.6. The summed E-state index contributed by atoms with van der Waals surface area (Å²) >= 11 is 0. The average molecular weight is 381 g/mol. The minimum Gasteiger partial charge on any atom is -0.347 e. The third-order valence-electron chi connectivity index (χ3n) is 5.22. The largest absolute Gasteiger partial charge is 0.347 e. The molecule has 0 aromatic heterocycles. The fourth-order valence-corrected chi connectivity index (χ4v) is 3.57. The monoisotopic (exact) mass is 381 g/mol. The number of aryl methyl sites for hydroxylation is 1. The lowest BCUT2D eigenvalue weighted by Gasteiger charge is -2.40. The van der Waals surface area contributed by atoms with E-state index < -0.39 is 10.8 Å². The summed E-state index contributed by atoms with van der Waals surface area (Å²) < 4.78 is 0. The first-order valence-corrected chi connectivity index (χ1v) is 9.18. The second kappa shape index (κ2) is 7.80. The van der Waals surface area contributed by atoms with Gasteiger partial charge in [0.15, 0.2) is 0 Å². The molecule has 1 aliphatic carbocycles. The normalized spacial score (nSPS) is 17.3. The zero-order valence-corrected chi connectivity index (χ0v) is 15.9. The zero-order valence-electron chi connectivity index (χ0n) is 15.9. The second-order valence-electron chi connectivity index (χ2n) is 7.68. The number of hydrogen-bond acceptors (Lipinski definition) is 4. The summed E-state index contributed by atoms with van der Waals surface area (Å²) in [6.07, 6.45) is 1.92. The maximum atomic E-state index is 12.5. The number of rotatable bonds is 5. The molecule has 0 bridgehead atoms. The minimum atomic E-state index is -0.563. The summed E-state index contributed by atoms with van der Waals surface area (Å²) in [5, 5.41) is 16.4. The Hall–Kier alpha value is -3.22. The van der Waals surface area contributed by atoms with E-state index in [-0.39, 0.29) is 35.2 Å². The van der Waals surface area contributed by atoms with E-state index in [0.717, 1.165) is 18.4 Å². The highest BCUT2D eigenvalue weighted by Gasteiger charge is 2.36. The van der Waals surface area contributed by atoms with Crippen molar-refractivity contribution in [3.63, 3.8) is 0 Å². The quantitative estimate of drug-likeness (QED) is 0.613. The van der Waals surface area contributed by atoms with E-state index in [1.165, 1.54) is 29.8 Å². The molecule has 7 heteroatoms. The van der Waals surface area contributed by atoms with Gasteiger partial charge in [-0.1, -0.05) is 44.2 Å². The fourth-order valence-electron chi connectivity index (χ4n) is 3.57. The first-order valence-electron chi connectivity index (χ1n) is 9.18. The van der Waals surface area contributed by atoms with Crippen molar-refractivity contribution in [2.75, 3.05) is 6.54 Å². The summed E-state index contributed by atoms with van der Waals surface area (Å²) in [4.78, 5) is 35.0. The molecular formula is C21H23N3O4. The Morgan fingerprint density at radius 1 is 1.18 bits per heavy atom. The molecule has 28 heavy (non-hydrogen) atoms. The average Bonchev–Trinajstić information content (AvgIpc) is 2.68. The third kappa shape index (κ3) is 4.19. The Morgan fingerprint density at radius 3 is 2.68 bits per heavy atom. The molecule has 0 radical (unpaired) electrons. The highest BCUT2D eigenvalue weighted by molar-refractivity contribution is 5.97. The molecule has 0 fully saturated rings. The van der Waals surface area contributed by atoms with Crippen LogP contribution in [0.3, 0.4) is 0 Å². The number of hydrogen-bond donors (Lipinski definition) is 2. The van der Waals surface area contributed by atoms with Crippen molar-refractivity contribution in [1.29, 1.82) is 0 Å². The van der Waals surface area contributed by atoms with Crippen LogP contribution in [0.1, 0.15) is 47.8 Å². The van der Waals surface area contributed by atoms with E-state index in [1.54, 1.807) is 0 Å². The number of nitro benzene ring substituents is 1. The summed E-state index contributed by atoms with van der Waals surface area (Å²) in [5.74, 6) is -0.823. The fraction of sp³-hybridized carbons (Fsp3) is 0.333. The second-order valence-corrected chi connectivity index (χ2v) is 7.68. The van der Waals surface area contributed by atoms with Gasteiger partial charge in [-0.3, -0.25) is 19.7 Å². The predicted octanol–water partition coefficient (Wildman–Crippen LogP) is 3.15. The number of carbonyl (C=O) groups excluding carboxylic acids is 2. The van der Waals surface area contributed by atoms with Crippen molar-refractivity contribution in [1.82, 2.24) is 10.6 Å². The van der Waals surface area contributed by atoms with Gasteiger partial charge >= 0.3 is 0 Å². The number of benzene rings is 2. The van der Waals surface area contributed by atoms with Crippen LogP contribution in [0.15, 0.2) is 48.5 Å². The van der Waals surface area contributed by atoms with E-state index in [0.29, 0.717) is 0 Å². The van der Waals surface area contributed by atoms with Crippen LogP contribution in [0.4, 0.5) is 5.69 Å². The number of amides is 2. The van der Waals surface area contributed by atoms with Crippen molar-refractivity contribution in [3.8, 4) is 0 Å². The molecule has 2 N–H and O–H groups in total. The lowest BCUT2D eigenvalue weighted by atomic mass is 9.70. The molecule has 0 aliphatic heterocycles. The number of nitrogens with one attached hydrogen (secondary N) is 2. The Bertz CT molecular complexity index is 923. The summed E-state index contributed by atoms with van der Waals surface area (Å²) in [6, 6.07) is 13.3. The smallest absolute Gasteiger partial charge is 0.270 e. The van der Waals surface area contributed by atoms with Crippen LogP contribution in [-0.2, 0) is 11.2 Å². The van der Waals surface area contributed by atoms with Crippen molar-refractivity contribution in [2.24, 2.45) is 5.41 Å². The highest BCUT2D eigenvalue weighted by Crippen LogP contribution is 2.43. The van der Waals surface area contributed by atoms with Gasteiger partial charge in [0.2, 0.25) is 5.91 Å². The number of non-ortho nitro benzene ring substituents is 1. The van der Waals surface area contributed by atoms with E-state index in [1.807, 2.05) is 18.2 Å². The van der Waals surface area contributed by atoms with Crippen LogP contribution in [0.5, 0.6) is 0 Å². The van der Waals surface area contributed by atoms with Crippen LogP contribution in [0.25, 0.3) is 0 Å². The van der Waals surface area contributed by atoms with Gasteiger partial charge < -0.3 is 10.6 Å². The standard InChI is InChI=1S/C21H23N3O4/c1-21(2)11-10-14-6-3-4-9-17(14)19(21)23-18(25)13-22-20(26)15-7-5-8-16(12-15)24(27)28/h3-9,12,19H,10-11,13H2,1-2H3,(H,22,26)(H,23,25)/t19-/m0/s1. The van der Waals surface area contributed by atoms with Gasteiger partial charge in [0.1, 0.15) is 0 Å². The number of nitrogens with zero attached hydrogens (tertiary/aromatic N) is 1. The molecule has 0 unspecified atom stereocenters. The Balaban J connectivity index is 1.65. The summed E-state index contributed by atoms with van der Waals surface area (Å²) in [6.45, 7) is 4.04. The lowest BCUT2D eigenvalue weighted by Crippen LogP contribution is -2.45. The van der Waals surface area contributed by atoms with Crippen LogP contribution in [-0.4, -0.2) is 23.3 Å². The van der Waals surface area contributed by atoms with Crippen LogP contribution >= 0.6 is 0 Å². The molecule has 2 amide bonds. The number of fused-ring (bicyclic) bond motifs is 1. The lowest BCUT2D eigenvalue weighted by molar-refractivity contribution is -0.384. The molecule has 3 rings (SSSR count). The van der Waals surface area contributed by atoms with E-state index >= 15 is 0 Å². The van der Waals surface area contributed by atoms with Crippen molar-refractivity contribution >= 4 is 17.5 Å². The third-order valence-corrected chi connectivity index (χ3v) is 5.22. The van der Waals surface area contributed by atoms with Gasteiger partial charge in [-0.15, -0.1) is 0 Å². The molecule has 0 saturated heterocycles. The molecule has 146 valence electrons. The maximum absolute atomic E-state index is 12.5. The van der Waals surface area contributed by atoms with E-state index in [9.17, 15) is 19.7 Å². The molecule has 0 spiro atoms. The zero-order chi connectivity index (χ0) is 20.3.